The van der Waals surface area contributed by atoms with Gasteiger partial charge in [-0.15, -0.1) is 0 Å². The molecule has 1 aromatic heterocycles. The van der Waals surface area contributed by atoms with Crippen LogP contribution in [0.1, 0.15) is 27.8 Å². The van der Waals surface area contributed by atoms with Gasteiger partial charge in [0.15, 0.2) is 0 Å². The summed E-state index contributed by atoms with van der Waals surface area (Å²) >= 11 is 5.91. The van der Waals surface area contributed by atoms with E-state index in [1.54, 1.807) is 43.8 Å². The highest BCUT2D eigenvalue weighted by Crippen LogP contribution is 2.24. The Morgan fingerprint density at radius 3 is 2.69 bits per heavy atom. The lowest BCUT2D eigenvalue weighted by molar-refractivity contribution is -0.120. The molecule has 0 aliphatic carbocycles. The zero-order valence-corrected chi connectivity index (χ0v) is 16.8. The van der Waals surface area contributed by atoms with E-state index >= 15 is 0 Å². The lowest BCUT2D eigenvalue weighted by Gasteiger charge is -2.20. The van der Waals surface area contributed by atoms with Gasteiger partial charge in [0.1, 0.15) is 17.6 Å². The monoisotopic (exact) mass is 412 g/mol. The number of nitrogens with zero attached hydrogens (tertiary/aromatic N) is 2. The van der Waals surface area contributed by atoms with Crippen molar-refractivity contribution >= 4 is 23.4 Å². The SMILES string of the molecule is COc1cccc(C(NC(=O)CNC(=O)c2cccc(Cl)c2)c2nccn2C)c1. The molecule has 0 spiro atoms. The number of benzene rings is 2. The van der Waals surface area contributed by atoms with Crippen molar-refractivity contribution in [3.05, 3.63) is 82.9 Å². The second-order valence-electron chi connectivity index (χ2n) is 6.37. The van der Waals surface area contributed by atoms with Crippen LogP contribution in [0.2, 0.25) is 5.02 Å². The molecule has 0 aliphatic heterocycles. The van der Waals surface area contributed by atoms with Crippen LogP contribution in [-0.2, 0) is 11.8 Å². The maximum absolute atomic E-state index is 12.6. The van der Waals surface area contributed by atoms with Crippen LogP contribution in [0.15, 0.2) is 60.9 Å². The molecule has 2 amide bonds. The zero-order valence-electron chi connectivity index (χ0n) is 16.1. The predicted octanol–water partition coefficient (Wildman–Crippen LogP) is 2.72. The first-order valence-electron chi connectivity index (χ1n) is 8.92. The van der Waals surface area contributed by atoms with Crippen LogP contribution in [0.3, 0.4) is 0 Å². The highest BCUT2D eigenvalue weighted by molar-refractivity contribution is 6.30. The molecule has 7 nitrogen and oxygen atoms in total. The van der Waals surface area contributed by atoms with Crippen molar-refractivity contribution in [1.29, 1.82) is 0 Å². The number of hydrogen-bond donors (Lipinski definition) is 2. The van der Waals surface area contributed by atoms with Crippen molar-refractivity contribution in [3.8, 4) is 5.75 Å². The second kappa shape index (κ2) is 9.25. The van der Waals surface area contributed by atoms with Gasteiger partial charge in [0, 0.05) is 30.0 Å². The van der Waals surface area contributed by atoms with Crippen LogP contribution >= 0.6 is 11.6 Å². The molecular formula is C21H21ClN4O3. The Bertz CT molecular complexity index is 1020. The molecule has 2 aromatic carbocycles. The maximum Gasteiger partial charge on any atom is 0.251 e. The smallest absolute Gasteiger partial charge is 0.251 e. The number of hydrogen-bond acceptors (Lipinski definition) is 4. The third-order valence-electron chi connectivity index (χ3n) is 4.35. The first-order valence-corrected chi connectivity index (χ1v) is 9.30. The van der Waals surface area contributed by atoms with Gasteiger partial charge in [0.05, 0.1) is 13.7 Å². The second-order valence-corrected chi connectivity index (χ2v) is 6.80. The fourth-order valence-corrected chi connectivity index (χ4v) is 3.07. The molecule has 0 saturated carbocycles. The highest BCUT2D eigenvalue weighted by Gasteiger charge is 2.21. The van der Waals surface area contributed by atoms with E-state index < -0.39 is 6.04 Å². The Morgan fingerprint density at radius 2 is 2.00 bits per heavy atom. The fourth-order valence-electron chi connectivity index (χ4n) is 2.88. The van der Waals surface area contributed by atoms with E-state index in [1.165, 1.54) is 0 Å². The van der Waals surface area contributed by atoms with Crippen molar-refractivity contribution in [1.82, 2.24) is 20.2 Å². The minimum absolute atomic E-state index is 0.184. The van der Waals surface area contributed by atoms with Gasteiger partial charge in [0.25, 0.3) is 5.91 Å². The molecule has 0 aliphatic rings. The molecule has 1 unspecified atom stereocenters. The predicted molar refractivity (Wildman–Crippen MR) is 110 cm³/mol. The highest BCUT2D eigenvalue weighted by atomic mass is 35.5. The van der Waals surface area contributed by atoms with Crippen LogP contribution in [0.25, 0.3) is 0 Å². The number of carbonyl (C=O) groups excluding carboxylic acids is 2. The molecule has 3 rings (SSSR count). The minimum atomic E-state index is -0.499. The van der Waals surface area contributed by atoms with Gasteiger partial charge in [-0.3, -0.25) is 9.59 Å². The van der Waals surface area contributed by atoms with Crippen LogP contribution in [-0.4, -0.2) is 35.0 Å². The van der Waals surface area contributed by atoms with Crippen molar-refractivity contribution in [2.75, 3.05) is 13.7 Å². The summed E-state index contributed by atoms with van der Waals surface area (Å²) in [7, 11) is 3.43. The Labute approximate surface area is 173 Å². The summed E-state index contributed by atoms with van der Waals surface area (Å²) in [5.41, 5.74) is 1.20. The largest absolute Gasteiger partial charge is 0.497 e. The Hall–Kier alpha value is -3.32. The summed E-state index contributed by atoms with van der Waals surface area (Å²) in [5.74, 6) is 0.603. The minimum Gasteiger partial charge on any atom is -0.497 e. The fraction of sp³-hybridized carbons (Fsp3) is 0.190. The molecule has 0 saturated heterocycles. The number of aryl methyl sites for hydroxylation is 1. The van der Waals surface area contributed by atoms with Gasteiger partial charge in [0.2, 0.25) is 5.91 Å². The molecule has 8 heteroatoms. The van der Waals surface area contributed by atoms with Gasteiger partial charge in [-0.05, 0) is 35.9 Å². The number of aromatic nitrogens is 2. The van der Waals surface area contributed by atoms with Crippen molar-refractivity contribution in [2.45, 2.75) is 6.04 Å². The topological polar surface area (TPSA) is 85.2 Å². The standard InChI is InChI=1S/C21H21ClN4O3/c1-26-10-9-23-20(26)19(14-5-4-8-17(12-14)29-2)25-18(27)13-24-21(28)15-6-3-7-16(22)11-15/h3-12,19H,13H2,1-2H3,(H,24,28)(H,25,27). The van der Waals surface area contributed by atoms with Gasteiger partial charge in [-0.25, -0.2) is 4.98 Å². The summed E-state index contributed by atoms with van der Waals surface area (Å²) in [6.07, 6.45) is 3.46. The molecular weight excluding hydrogens is 392 g/mol. The summed E-state index contributed by atoms with van der Waals surface area (Å²) in [6.45, 7) is -0.184. The van der Waals surface area contributed by atoms with E-state index in [4.69, 9.17) is 16.3 Å². The summed E-state index contributed by atoms with van der Waals surface area (Å²) in [5, 5.41) is 5.98. The first kappa shape index (κ1) is 20.4. The molecule has 0 radical (unpaired) electrons. The number of nitrogens with one attached hydrogen (secondary N) is 2. The zero-order chi connectivity index (χ0) is 20.8. The summed E-state index contributed by atoms with van der Waals surface area (Å²) < 4.78 is 7.12. The van der Waals surface area contributed by atoms with Gasteiger partial charge in [-0.1, -0.05) is 29.8 Å². The average Bonchev–Trinajstić information content (AvgIpc) is 3.15. The van der Waals surface area contributed by atoms with Crippen LogP contribution in [0.4, 0.5) is 0 Å². The van der Waals surface area contributed by atoms with E-state index in [2.05, 4.69) is 15.6 Å². The molecule has 0 fully saturated rings. The van der Waals surface area contributed by atoms with Gasteiger partial charge < -0.3 is 19.9 Å². The molecule has 150 valence electrons. The van der Waals surface area contributed by atoms with Crippen molar-refractivity contribution in [2.24, 2.45) is 7.05 Å². The van der Waals surface area contributed by atoms with Crippen LogP contribution < -0.4 is 15.4 Å². The Balaban J connectivity index is 1.73. The number of rotatable bonds is 7. The van der Waals surface area contributed by atoms with E-state index in [0.717, 1.165) is 5.56 Å². The molecule has 0 bridgehead atoms. The summed E-state index contributed by atoms with van der Waals surface area (Å²) in [6, 6.07) is 13.4. The van der Waals surface area contributed by atoms with E-state index in [-0.39, 0.29) is 18.4 Å². The first-order chi connectivity index (χ1) is 14.0. The molecule has 1 atom stereocenters. The number of carbonyl (C=O) groups is 2. The Morgan fingerprint density at radius 1 is 1.21 bits per heavy atom. The Kier molecular flexibility index (Phi) is 6.51. The van der Waals surface area contributed by atoms with Crippen molar-refractivity contribution < 1.29 is 14.3 Å². The number of amides is 2. The average molecular weight is 413 g/mol. The lowest BCUT2D eigenvalue weighted by Crippen LogP contribution is -2.39. The van der Waals surface area contributed by atoms with E-state index in [0.29, 0.717) is 22.2 Å². The summed E-state index contributed by atoms with van der Waals surface area (Å²) in [4.78, 5) is 29.2. The maximum atomic E-state index is 12.6. The molecule has 1 heterocycles. The quantitative estimate of drug-likeness (QED) is 0.624. The van der Waals surface area contributed by atoms with Crippen LogP contribution in [0.5, 0.6) is 5.75 Å². The van der Waals surface area contributed by atoms with E-state index in [1.807, 2.05) is 35.9 Å². The number of ether oxygens (including phenoxy) is 1. The third-order valence-corrected chi connectivity index (χ3v) is 4.58. The lowest BCUT2D eigenvalue weighted by atomic mass is 10.1. The number of halogens is 1. The van der Waals surface area contributed by atoms with E-state index in [9.17, 15) is 9.59 Å². The normalized spacial score (nSPS) is 11.6. The third kappa shape index (κ3) is 5.14. The van der Waals surface area contributed by atoms with Gasteiger partial charge in [-0.2, -0.15) is 0 Å². The number of methoxy groups -OCH3 is 1. The van der Waals surface area contributed by atoms with Crippen molar-refractivity contribution in [3.63, 3.8) is 0 Å². The van der Waals surface area contributed by atoms with Gasteiger partial charge >= 0.3 is 0 Å². The number of imidazole rings is 1. The molecule has 3 aromatic rings. The van der Waals surface area contributed by atoms with Crippen LogP contribution in [0, 0.1) is 0 Å². The molecule has 29 heavy (non-hydrogen) atoms. The molecule has 2 N–H and O–H groups in total.